The Labute approximate surface area is 141 Å². The number of amides is 1. The van der Waals surface area contributed by atoms with Crippen molar-refractivity contribution in [3.05, 3.63) is 65.2 Å². The fourth-order valence-electron chi connectivity index (χ4n) is 2.43. The number of aryl methyl sites for hydroxylation is 1. The normalized spacial score (nSPS) is 13.3. The quantitative estimate of drug-likeness (QED) is 0.681. The third kappa shape index (κ3) is 5.36. The first kappa shape index (κ1) is 17.5. The number of carbonyl (C=O) groups is 1. The predicted octanol–water partition coefficient (Wildman–Crippen LogP) is 3.19. The molecule has 5 heteroatoms. The number of aliphatic hydroxyl groups is 1. The molecule has 0 saturated carbocycles. The van der Waals surface area contributed by atoms with E-state index in [-0.39, 0.29) is 5.91 Å². The molecule has 4 N–H and O–H groups in total. The van der Waals surface area contributed by atoms with Crippen molar-refractivity contribution in [1.29, 1.82) is 0 Å². The molecule has 122 valence electrons. The summed E-state index contributed by atoms with van der Waals surface area (Å²) in [6.45, 7) is 0. The smallest absolute Gasteiger partial charge is 0.231 e. The Morgan fingerprint density at radius 3 is 2.43 bits per heavy atom. The number of aliphatic hydroxyl groups excluding tert-OH is 1. The second kappa shape index (κ2) is 8.67. The van der Waals surface area contributed by atoms with Gasteiger partial charge in [0.25, 0.3) is 0 Å². The molecule has 0 heterocycles. The summed E-state index contributed by atoms with van der Waals surface area (Å²) in [5.74, 6) is -0.928. The summed E-state index contributed by atoms with van der Waals surface area (Å²) in [5.41, 5.74) is 7.29. The summed E-state index contributed by atoms with van der Waals surface area (Å²) < 4.78 is 0. The number of nitrogens with one attached hydrogen (secondary N) is 1. The van der Waals surface area contributed by atoms with Gasteiger partial charge in [-0.05, 0) is 43.0 Å². The second-order valence-electron chi connectivity index (χ2n) is 5.44. The number of hydrogen-bond acceptors (Lipinski definition) is 3. The van der Waals surface area contributed by atoms with Crippen LogP contribution in [0.5, 0.6) is 0 Å². The molecule has 23 heavy (non-hydrogen) atoms. The van der Waals surface area contributed by atoms with Crippen LogP contribution in [0.15, 0.2) is 54.6 Å². The van der Waals surface area contributed by atoms with Crippen LogP contribution in [0.2, 0.25) is 5.02 Å². The van der Waals surface area contributed by atoms with E-state index in [0.717, 1.165) is 12.0 Å². The highest BCUT2D eigenvalue weighted by molar-refractivity contribution is 6.31. The van der Waals surface area contributed by atoms with Crippen LogP contribution in [-0.2, 0) is 11.2 Å². The lowest BCUT2D eigenvalue weighted by Gasteiger charge is -2.19. The maximum atomic E-state index is 12.3. The van der Waals surface area contributed by atoms with Crippen molar-refractivity contribution < 1.29 is 9.90 Å². The topological polar surface area (TPSA) is 75.3 Å². The summed E-state index contributed by atoms with van der Waals surface area (Å²) >= 11 is 6.12. The molecule has 2 rings (SSSR count). The molecule has 2 aromatic rings. The molecule has 0 aliphatic rings. The average Bonchev–Trinajstić information content (AvgIpc) is 2.53. The van der Waals surface area contributed by atoms with E-state index in [1.165, 1.54) is 0 Å². The fraction of sp³-hybridized carbons (Fsp3) is 0.278. The van der Waals surface area contributed by atoms with E-state index in [2.05, 4.69) is 5.32 Å². The Kier molecular flexibility index (Phi) is 6.59. The minimum Gasteiger partial charge on any atom is -0.378 e. The van der Waals surface area contributed by atoms with Crippen LogP contribution >= 0.6 is 11.6 Å². The second-order valence-corrected chi connectivity index (χ2v) is 5.84. The van der Waals surface area contributed by atoms with Crippen molar-refractivity contribution in [3.63, 3.8) is 0 Å². The van der Waals surface area contributed by atoms with Crippen LogP contribution in [0.4, 0.5) is 5.69 Å². The zero-order chi connectivity index (χ0) is 16.7. The number of nitrogens with two attached hydrogens (primary N) is 1. The molecule has 0 spiro atoms. The van der Waals surface area contributed by atoms with Crippen LogP contribution in [0.1, 0.15) is 18.4 Å². The number of halogens is 1. The maximum absolute atomic E-state index is 12.3. The first-order valence-electron chi connectivity index (χ1n) is 7.61. The third-order valence-corrected chi connectivity index (χ3v) is 4.08. The molecule has 0 bridgehead atoms. The summed E-state index contributed by atoms with van der Waals surface area (Å²) in [6.07, 6.45) is 0.749. The molecule has 2 atom stereocenters. The van der Waals surface area contributed by atoms with E-state index >= 15 is 0 Å². The van der Waals surface area contributed by atoms with Crippen molar-refractivity contribution in [1.82, 2.24) is 0 Å². The zero-order valence-corrected chi connectivity index (χ0v) is 13.5. The highest BCUT2D eigenvalue weighted by Gasteiger charge is 2.23. The third-order valence-electron chi connectivity index (χ3n) is 3.71. The van der Waals surface area contributed by atoms with E-state index in [1.807, 2.05) is 42.5 Å². The summed E-state index contributed by atoms with van der Waals surface area (Å²) in [4.78, 5) is 12.3. The van der Waals surface area contributed by atoms with Gasteiger partial charge in [0.15, 0.2) is 0 Å². The van der Waals surface area contributed by atoms with E-state index in [0.29, 0.717) is 23.6 Å². The first-order valence-corrected chi connectivity index (χ1v) is 7.98. The summed E-state index contributed by atoms with van der Waals surface area (Å²) in [6, 6.07) is 16.7. The van der Waals surface area contributed by atoms with E-state index in [9.17, 15) is 9.90 Å². The van der Waals surface area contributed by atoms with Gasteiger partial charge in [0.05, 0.1) is 5.92 Å². The summed E-state index contributed by atoms with van der Waals surface area (Å²) in [7, 11) is 0. The molecule has 1 amide bonds. The largest absolute Gasteiger partial charge is 0.378 e. The van der Waals surface area contributed by atoms with E-state index in [1.54, 1.807) is 12.1 Å². The van der Waals surface area contributed by atoms with Crippen LogP contribution in [0.25, 0.3) is 0 Å². The molecule has 4 nitrogen and oxygen atoms in total. The summed E-state index contributed by atoms with van der Waals surface area (Å²) in [5, 5.41) is 13.2. The lowest BCUT2D eigenvalue weighted by Crippen LogP contribution is -2.38. The van der Waals surface area contributed by atoms with Gasteiger partial charge in [-0.3, -0.25) is 4.79 Å². The molecule has 0 radical (unpaired) electrons. The maximum Gasteiger partial charge on any atom is 0.231 e. The fourth-order valence-corrected chi connectivity index (χ4v) is 2.66. The molecule has 0 aliphatic carbocycles. The number of para-hydroxylation sites is 1. The van der Waals surface area contributed by atoms with Crippen LogP contribution < -0.4 is 11.1 Å². The van der Waals surface area contributed by atoms with Gasteiger partial charge in [-0.1, -0.05) is 48.0 Å². The van der Waals surface area contributed by atoms with Gasteiger partial charge in [-0.15, -0.1) is 0 Å². The number of hydrogen-bond donors (Lipinski definition) is 3. The average molecular weight is 333 g/mol. The van der Waals surface area contributed by atoms with Crippen molar-refractivity contribution in [2.45, 2.75) is 25.5 Å². The predicted molar refractivity (Wildman–Crippen MR) is 93.1 cm³/mol. The van der Waals surface area contributed by atoms with Gasteiger partial charge in [-0.2, -0.15) is 0 Å². The molecule has 2 aromatic carbocycles. The monoisotopic (exact) mass is 332 g/mol. The lowest BCUT2D eigenvalue weighted by atomic mass is 9.97. The molecule has 2 unspecified atom stereocenters. The van der Waals surface area contributed by atoms with Gasteiger partial charge in [0.1, 0.15) is 6.23 Å². The van der Waals surface area contributed by atoms with Gasteiger partial charge in [0, 0.05) is 10.7 Å². The molecule has 0 aromatic heterocycles. The Balaban J connectivity index is 1.91. The van der Waals surface area contributed by atoms with E-state index < -0.39 is 12.1 Å². The number of benzene rings is 2. The van der Waals surface area contributed by atoms with Crippen molar-refractivity contribution in [2.75, 3.05) is 5.32 Å². The Bertz CT molecular complexity index is 632. The first-order chi connectivity index (χ1) is 11.1. The van der Waals surface area contributed by atoms with Crippen molar-refractivity contribution in [2.24, 2.45) is 11.7 Å². The molecule has 0 fully saturated rings. The Morgan fingerprint density at radius 1 is 1.13 bits per heavy atom. The highest BCUT2D eigenvalue weighted by atomic mass is 35.5. The molecule has 0 aliphatic heterocycles. The van der Waals surface area contributed by atoms with Gasteiger partial charge >= 0.3 is 0 Å². The molecule has 0 saturated heterocycles. The van der Waals surface area contributed by atoms with E-state index in [4.69, 9.17) is 17.3 Å². The molecular weight excluding hydrogens is 312 g/mol. The number of rotatable bonds is 7. The Hall–Kier alpha value is -1.88. The minimum atomic E-state index is -1.19. The number of anilines is 1. The lowest BCUT2D eigenvalue weighted by molar-refractivity contribution is -0.123. The SMILES string of the molecule is NC(O)C(CCCc1ccccc1Cl)C(=O)Nc1ccccc1. The van der Waals surface area contributed by atoms with Gasteiger partial charge in [0.2, 0.25) is 5.91 Å². The standard InChI is InChI=1S/C18H21ClN2O2/c19-16-12-5-4-7-13(16)8-6-11-15(17(20)22)18(23)21-14-9-2-1-3-10-14/h1-5,7,9-10,12,15,17,22H,6,8,11,20H2,(H,21,23). The number of carbonyl (C=O) groups excluding carboxylic acids is 1. The Morgan fingerprint density at radius 2 is 1.78 bits per heavy atom. The van der Waals surface area contributed by atoms with Crippen LogP contribution in [0, 0.1) is 5.92 Å². The van der Waals surface area contributed by atoms with Gasteiger partial charge < -0.3 is 16.2 Å². The van der Waals surface area contributed by atoms with Crippen molar-refractivity contribution >= 4 is 23.2 Å². The minimum absolute atomic E-state index is 0.273. The zero-order valence-electron chi connectivity index (χ0n) is 12.8. The van der Waals surface area contributed by atoms with Crippen LogP contribution in [-0.4, -0.2) is 17.2 Å². The molecular formula is C18H21ClN2O2. The highest BCUT2D eigenvalue weighted by Crippen LogP contribution is 2.20. The van der Waals surface area contributed by atoms with Crippen molar-refractivity contribution in [3.8, 4) is 0 Å². The van der Waals surface area contributed by atoms with Crippen LogP contribution in [0.3, 0.4) is 0 Å². The van der Waals surface area contributed by atoms with Gasteiger partial charge in [-0.25, -0.2) is 0 Å².